The second-order valence-electron chi connectivity index (χ2n) is 6.58. The Hall–Kier alpha value is -2.28. The molecule has 26 heavy (non-hydrogen) atoms. The van der Waals surface area contributed by atoms with Crippen molar-refractivity contribution in [1.82, 2.24) is 16.0 Å². The summed E-state index contributed by atoms with van der Waals surface area (Å²) in [6.45, 7) is 6.84. The zero-order chi connectivity index (χ0) is 18.8. The van der Waals surface area contributed by atoms with Gasteiger partial charge in [0.05, 0.1) is 12.7 Å². The Kier molecular flexibility index (Phi) is 7.72. The summed E-state index contributed by atoms with van der Waals surface area (Å²) in [6.07, 6.45) is 2.11. The van der Waals surface area contributed by atoms with Crippen LogP contribution in [0.25, 0.3) is 0 Å². The number of carbonyl (C=O) groups excluding carboxylic acids is 1. The van der Waals surface area contributed by atoms with Crippen molar-refractivity contribution < 1.29 is 14.3 Å². The van der Waals surface area contributed by atoms with Gasteiger partial charge in [0, 0.05) is 26.2 Å². The lowest BCUT2D eigenvalue weighted by atomic mass is 10.0. The van der Waals surface area contributed by atoms with Crippen LogP contribution in [0, 0.1) is 0 Å². The maximum absolute atomic E-state index is 12.0. The molecule has 1 fully saturated rings. The highest BCUT2D eigenvalue weighted by Crippen LogP contribution is 2.23. The molecule has 3 N–H and O–H groups in total. The Morgan fingerprint density at radius 3 is 2.65 bits per heavy atom. The van der Waals surface area contributed by atoms with Crippen molar-refractivity contribution in [1.29, 1.82) is 0 Å². The van der Waals surface area contributed by atoms with E-state index in [0.717, 1.165) is 37.3 Å². The molecule has 7 nitrogen and oxygen atoms in total. The number of guanidine groups is 1. The van der Waals surface area contributed by atoms with Crippen LogP contribution in [0.5, 0.6) is 5.75 Å². The van der Waals surface area contributed by atoms with Crippen LogP contribution in [0.4, 0.5) is 0 Å². The second kappa shape index (κ2) is 10.0. The molecule has 1 heterocycles. The van der Waals surface area contributed by atoms with E-state index < -0.39 is 0 Å². The highest BCUT2D eigenvalue weighted by molar-refractivity contribution is 5.84. The Morgan fingerprint density at radius 2 is 2.04 bits per heavy atom. The van der Waals surface area contributed by atoms with Gasteiger partial charge in [0.25, 0.3) is 0 Å². The number of carbonyl (C=O) groups is 1. The van der Waals surface area contributed by atoms with E-state index in [1.54, 1.807) is 7.11 Å². The van der Waals surface area contributed by atoms with Gasteiger partial charge in [-0.1, -0.05) is 12.1 Å². The van der Waals surface area contributed by atoms with Gasteiger partial charge >= 0.3 is 0 Å². The number of nitrogens with one attached hydrogen (secondary N) is 3. The lowest BCUT2D eigenvalue weighted by Gasteiger charge is -2.24. The lowest BCUT2D eigenvalue weighted by Crippen LogP contribution is -2.46. The smallest absolute Gasteiger partial charge is 0.242 e. The number of rotatable bonds is 8. The van der Waals surface area contributed by atoms with Gasteiger partial charge in [-0.05, 0) is 44.4 Å². The summed E-state index contributed by atoms with van der Waals surface area (Å²) in [5.41, 5.74) is 0.853. The van der Waals surface area contributed by atoms with E-state index in [4.69, 9.17) is 9.47 Å². The van der Waals surface area contributed by atoms with E-state index in [2.05, 4.69) is 27.9 Å². The first kappa shape index (κ1) is 20.0. The van der Waals surface area contributed by atoms with Crippen LogP contribution in [-0.2, 0) is 16.1 Å². The Morgan fingerprint density at radius 1 is 1.27 bits per heavy atom. The zero-order valence-corrected chi connectivity index (χ0v) is 15.9. The SMILES string of the molecule is CCNC(=NCC(=O)NCc1ccc(OC)cc1)NCC1(C)CCCO1. The van der Waals surface area contributed by atoms with Crippen molar-refractivity contribution in [2.75, 3.05) is 33.4 Å². The molecule has 0 aliphatic carbocycles. The number of benzene rings is 1. The van der Waals surface area contributed by atoms with Crippen LogP contribution in [-0.4, -0.2) is 50.8 Å². The third-order valence-electron chi connectivity index (χ3n) is 4.30. The molecule has 0 spiro atoms. The molecule has 2 rings (SSSR count). The summed E-state index contributed by atoms with van der Waals surface area (Å²) in [5, 5.41) is 9.29. The van der Waals surface area contributed by atoms with Gasteiger partial charge in [-0.3, -0.25) is 4.79 Å². The summed E-state index contributed by atoms with van der Waals surface area (Å²) < 4.78 is 10.9. The third-order valence-corrected chi connectivity index (χ3v) is 4.30. The molecule has 1 aromatic rings. The molecular formula is C19H30N4O3. The highest BCUT2D eigenvalue weighted by Gasteiger charge is 2.29. The lowest BCUT2D eigenvalue weighted by molar-refractivity contribution is -0.119. The minimum atomic E-state index is -0.160. The van der Waals surface area contributed by atoms with Crippen LogP contribution < -0.4 is 20.7 Å². The molecule has 1 amide bonds. The molecule has 1 unspecified atom stereocenters. The number of methoxy groups -OCH3 is 1. The predicted molar refractivity (Wildman–Crippen MR) is 102 cm³/mol. The van der Waals surface area contributed by atoms with Crippen molar-refractivity contribution >= 4 is 11.9 Å². The van der Waals surface area contributed by atoms with E-state index in [9.17, 15) is 4.79 Å². The second-order valence-corrected chi connectivity index (χ2v) is 6.58. The molecule has 0 saturated carbocycles. The topological polar surface area (TPSA) is 84.0 Å². The van der Waals surface area contributed by atoms with E-state index in [-0.39, 0.29) is 18.1 Å². The number of ether oxygens (including phenoxy) is 2. The van der Waals surface area contributed by atoms with Crippen LogP contribution in [0.15, 0.2) is 29.3 Å². The first-order valence-corrected chi connectivity index (χ1v) is 9.10. The van der Waals surface area contributed by atoms with Gasteiger partial charge in [-0.25, -0.2) is 4.99 Å². The molecule has 144 valence electrons. The third kappa shape index (κ3) is 6.55. The number of aliphatic imine (C=N–C) groups is 1. The van der Waals surface area contributed by atoms with Gasteiger partial charge in [0.1, 0.15) is 12.3 Å². The standard InChI is InChI=1S/C19H30N4O3/c1-4-20-18(23-14-19(2)10-5-11-26-19)22-13-17(24)21-12-15-6-8-16(25-3)9-7-15/h6-9H,4-5,10-14H2,1-3H3,(H,21,24)(H2,20,22,23). The number of amides is 1. The Bertz CT molecular complexity index is 595. The summed E-state index contributed by atoms with van der Waals surface area (Å²) in [6, 6.07) is 7.60. The van der Waals surface area contributed by atoms with Gasteiger partial charge in [-0.2, -0.15) is 0 Å². The Balaban J connectivity index is 1.78. The molecule has 7 heteroatoms. The van der Waals surface area contributed by atoms with Crippen molar-refractivity contribution in [3.8, 4) is 5.75 Å². The largest absolute Gasteiger partial charge is 0.497 e. The van der Waals surface area contributed by atoms with E-state index in [1.807, 2.05) is 31.2 Å². The summed E-state index contributed by atoms with van der Waals surface area (Å²) in [4.78, 5) is 16.4. The predicted octanol–water partition coefficient (Wildman–Crippen LogP) is 1.44. The van der Waals surface area contributed by atoms with E-state index >= 15 is 0 Å². The molecule has 1 saturated heterocycles. The fourth-order valence-electron chi connectivity index (χ4n) is 2.74. The van der Waals surface area contributed by atoms with Crippen molar-refractivity contribution in [3.05, 3.63) is 29.8 Å². The maximum Gasteiger partial charge on any atom is 0.242 e. The summed E-state index contributed by atoms with van der Waals surface area (Å²) >= 11 is 0. The Labute approximate surface area is 155 Å². The molecule has 0 radical (unpaired) electrons. The van der Waals surface area contributed by atoms with Crippen molar-refractivity contribution in [2.45, 2.75) is 38.8 Å². The van der Waals surface area contributed by atoms with Crippen molar-refractivity contribution in [2.24, 2.45) is 4.99 Å². The quantitative estimate of drug-likeness (QED) is 0.481. The molecule has 0 bridgehead atoms. The first-order chi connectivity index (χ1) is 12.5. The molecule has 1 aliphatic rings. The normalized spacial score (nSPS) is 19.9. The summed E-state index contributed by atoms with van der Waals surface area (Å²) in [5.74, 6) is 1.30. The number of hydrogen-bond donors (Lipinski definition) is 3. The number of nitrogens with zero attached hydrogens (tertiary/aromatic N) is 1. The van der Waals surface area contributed by atoms with E-state index in [0.29, 0.717) is 19.0 Å². The zero-order valence-electron chi connectivity index (χ0n) is 15.9. The monoisotopic (exact) mass is 362 g/mol. The average molecular weight is 362 g/mol. The highest BCUT2D eigenvalue weighted by atomic mass is 16.5. The molecular weight excluding hydrogens is 332 g/mol. The minimum absolute atomic E-state index is 0.0725. The molecule has 1 atom stereocenters. The maximum atomic E-state index is 12.0. The molecule has 1 aliphatic heterocycles. The van der Waals surface area contributed by atoms with Crippen molar-refractivity contribution in [3.63, 3.8) is 0 Å². The van der Waals surface area contributed by atoms with Crippen LogP contribution in [0.3, 0.4) is 0 Å². The first-order valence-electron chi connectivity index (χ1n) is 9.10. The van der Waals surface area contributed by atoms with Gasteiger partial charge in [-0.15, -0.1) is 0 Å². The van der Waals surface area contributed by atoms with Gasteiger partial charge < -0.3 is 25.4 Å². The van der Waals surface area contributed by atoms with Crippen LogP contribution >= 0.6 is 0 Å². The van der Waals surface area contributed by atoms with E-state index in [1.165, 1.54) is 0 Å². The fraction of sp³-hybridized carbons (Fsp3) is 0.579. The van der Waals surface area contributed by atoms with Crippen LogP contribution in [0.1, 0.15) is 32.3 Å². The molecule has 0 aromatic heterocycles. The van der Waals surface area contributed by atoms with Crippen LogP contribution in [0.2, 0.25) is 0 Å². The molecule has 1 aromatic carbocycles. The summed E-state index contributed by atoms with van der Waals surface area (Å²) in [7, 11) is 1.63. The minimum Gasteiger partial charge on any atom is -0.497 e. The fourth-order valence-corrected chi connectivity index (χ4v) is 2.74. The number of hydrogen-bond acceptors (Lipinski definition) is 4. The average Bonchev–Trinajstić information content (AvgIpc) is 3.09. The van der Waals surface area contributed by atoms with Gasteiger partial charge in [0.15, 0.2) is 5.96 Å². The van der Waals surface area contributed by atoms with Gasteiger partial charge in [0.2, 0.25) is 5.91 Å².